The van der Waals surface area contributed by atoms with Crippen molar-refractivity contribution in [3.05, 3.63) is 106 Å². The van der Waals surface area contributed by atoms with Crippen molar-refractivity contribution >= 4 is 17.3 Å². The second-order valence-corrected chi connectivity index (χ2v) is 7.37. The Kier molecular flexibility index (Phi) is 5.72. The molecule has 7 nitrogen and oxygen atoms in total. The van der Waals surface area contributed by atoms with Crippen LogP contribution in [0.25, 0.3) is 5.69 Å². The topological polar surface area (TPSA) is 93.5 Å². The Hall–Kier alpha value is -4.39. The number of aryl methyl sites for hydroxylation is 2. The normalized spacial score (nSPS) is 10.6. The molecule has 0 saturated heterocycles. The number of para-hydroxylation sites is 1. The third kappa shape index (κ3) is 4.52. The third-order valence-electron chi connectivity index (χ3n) is 4.75. The van der Waals surface area contributed by atoms with Crippen LogP contribution in [-0.4, -0.2) is 20.9 Å². The van der Waals surface area contributed by atoms with Gasteiger partial charge in [-0.15, -0.1) is 0 Å². The molecular weight excluding hydrogens is 406 g/mol. The highest BCUT2D eigenvalue weighted by molar-refractivity contribution is 5.89. The molecule has 0 amide bonds. The molecule has 0 aliphatic carbocycles. The number of carboxylic acid groups (broad SMARTS) is 1. The number of nitrogens with zero attached hydrogens (tertiary/aromatic N) is 2. The predicted molar refractivity (Wildman–Crippen MR) is 123 cm³/mol. The highest BCUT2D eigenvalue weighted by Gasteiger charge is 2.16. The number of nitrogens with one attached hydrogen (secondary N) is 1. The molecule has 160 valence electrons. The summed E-state index contributed by atoms with van der Waals surface area (Å²) in [7, 11) is 0. The summed E-state index contributed by atoms with van der Waals surface area (Å²) in [6.45, 7) is 3.92. The molecule has 0 spiro atoms. The average Bonchev–Trinajstić information content (AvgIpc) is 2.76. The van der Waals surface area contributed by atoms with Gasteiger partial charge >= 0.3 is 5.97 Å². The molecule has 0 atom stereocenters. The highest BCUT2D eigenvalue weighted by atomic mass is 16.5. The molecule has 0 fully saturated rings. The Morgan fingerprint density at radius 1 is 0.969 bits per heavy atom. The molecule has 4 rings (SSSR count). The van der Waals surface area contributed by atoms with Gasteiger partial charge in [0.1, 0.15) is 5.75 Å². The molecule has 32 heavy (non-hydrogen) atoms. The van der Waals surface area contributed by atoms with Crippen LogP contribution in [0.4, 0.5) is 11.4 Å². The number of aromatic nitrogens is 2. The Morgan fingerprint density at radius 3 is 2.38 bits per heavy atom. The number of anilines is 2. The van der Waals surface area contributed by atoms with Crippen molar-refractivity contribution in [2.24, 2.45) is 0 Å². The van der Waals surface area contributed by atoms with Gasteiger partial charge in [0.05, 0.1) is 17.4 Å². The van der Waals surface area contributed by atoms with Crippen molar-refractivity contribution in [1.29, 1.82) is 0 Å². The number of carboxylic acids is 1. The maximum atomic E-state index is 13.4. The monoisotopic (exact) mass is 427 g/mol. The van der Waals surface area contributed by atoms with Gasteiger partial charge in [-0.25, -0.2) is 4.79 Å². The molecule has 0 bridgehead atoms. The number of hydrogen-bond acceptors (Lipinski definition) is 5. The van der Waals surface area contributed by atoms with E-state index in [1.807, 2.05) is 50.2 Å². The van der Waals surface area contributed by atoms with E-state index in [4.69, 9.17) is 4.74 Å². The van der Waals surface area contributed by atoms with Crippen LogP contribution in [0.2, 0.25) is 0 Å². The summed E-state index contributed by atoms with van der Waals surface area (Å²) in [5.41, 5.74) is 2.90. The fourth-order valence-corrected chi connectivity index (χ4v) is 3.38. The van der Waals surface area contributed by atoms with E-state index in [-0.39, 0.29) is 17.0 Å². The standard InChI is InChI=1S/C25H21N3O4/c1-16-11-17(2)13-21(12-16)32-22-15-26-28(20-9-4-3-5-10-20)24(29)23(22)27-19-8-6-7-18(14-19)25(30)31/h3-15,27H,1-2H3,(H,30,31). The lowest BCUT2D eigenvalue weighted by atomic mass is 10.1. The lowest BCUT2D eigenvalue weighted by molar-refractivity contribution is 0.0697. The molecule has 0 aliphatic heterocycles. The Balaban J connectivity index is 1.82. The van der Waals surface area contributed by atoms with E-state index < -0.39 is 11.5 Å². The largest absolute Gasteiger partial charge is 0.478 e. The quantitative estimate of drug-likeness (QED) is 0.446. The predicted octanol–water partition coefficient (Wildman–Crippen LogP) is 5.08. The van der Waals surface area contributed by atoms with Crippen molar-refractivity contribution in [1.82, 2.24) is 9.78 Å². The van der Waals surface area contributed by atoms with Gasteiger partial charge in [-0.2, -0.15) is 9.78 Å². The maximum absolute atomic E-state index is 13.4. The first-order chi connectivity index (χ1) is 15.4. The van der Waals surface area contributed by atoms with Crippen LogP contribution in [0.15, 0.2) is 83.8 Å². The van der Waals surface area contributed by atoms with Crippen LogP contribution in [0, 0.1) is 13.8 Å². The van der Waals surface area contributed by atoms with Gasteiger partial charge in [0.15, 0.2) is 11.4 Å². The first kappa shape index (κ1) is 20.9. The molecule has 0 radical (unpaired) electrons. The first-order valence-corrected chi connectivity index (χ1v) is 9.95. The number of aromatic carboxylic acids is 1. The smallest absolute Gasteiger partial charge is 0.335 e. The summed E-state index contributed by atoms with van der Waals surface area (Å²) in [5, 5.41) is 16.6. The molecule has 7 heteroatoms. The third-order valence-corrected chi connectivity index (χ3v) is 4.75. The Morgan fingerprint density at radius 2 is 1.69 bits per heavy atom. The summed E-state index contributed by atoms with van der Waals surface area (Å²) in [6.07, 6.45) is 1.47. The second kappa shape index (κ2) is 8.77. The molecule has 0 saturated carbocycles. The average molecular weight is 427 g/mol. The lowest BCUT2D eigenvalue weighted by Crippen LogP contribution is -2.24. The van der Waals surface area contributed by atoms with Crippen LogP contribution in [0.1, 0.15) is 21.5 Å². The van der Waals surface area contributed by atoms with Crippen molar-refractivity contribution in [2.75, 3.05) is 5.32 Å². The van der Waals surface area contributed by atoms with Gasteiger partial charge in [-0.05, 0) is 67.4 Å². The zero-order valence-electron chi connectivity index (χ0n) is 17.6. The minimum Gasteiger partial charge on any atom is -0.478 e. The summed E-state index contributed by atoms with van der Waals surface area (Å²) in [6, 6.07) is 21.0. The van der Waals surface area contributed by atoms with Gasteiger partial charge in [0.2, 0.25) is 0 Å². The Bertz CT molecular complexity index is 1330. The van der Waals surface area contributed by atoms with Crippen molar-refractivity contribution in [3.63, 3.8) is 0 Å². The van der Waals surface area contributed by atoms with Crippen LogP contribution < -0.4 is 15.6 Å². The molecule has 1 aromatic heterocycles. The maximum Gasteiger partial charge on any atom is 0.335 e. The van der Waals surface area contributed by atoms with Gasteiger partial charge < -0.3 is 15.2 Å². The first-order valence-electron chi connectivity index (χ1n) is 9.95. The molecule has 2 N–H and O–H groups in total. The SMILES string of the molecule is Cc1cc(C)cc(Oc2cnn(-c3ccccc3)c(=O)c2Nc2cccc(C(=O)O)c2)c1. The molecule has 0 unspecified atom stereocenters. The zero-order valence-corrected chi connectivity index (χ0v) is 17.6. The molecule has 1 heterocycles. The summed E-state index contributed by atoms with van der Waals surface area (Å²) in [4.78, 5) is 24.7. The fraction of sp³-hybridized carbons (Fsp3) is 0.0800. The molecule has 4 aromatic rings. The fourth-order valence-electron chi connectivity index (χ4n) is 3.38. The van der Waals surface area contributed by atoms with Crippen LogP contribution in [-0.2, 0) is 0 Å². The summed E-state index contributed by atoms with van der Waals surface area (Å²) in [5.74, 6) is -0.256. The minimum atomic E-state index is -1.06. The molecule has 0 aliphatic rings. The van der Waals surface area contributed by atoms with E-state index >= 15 is 0 Å². The number of rotatable bonds is 6. The Labute approximate surface area is 184 Å². The van der Waals surface area contributed by atoms with Crippen molar-refractivity contribution in [2.45, 2.75) is 13.8 Å². The van der Waals surface area contributed by atoms with Crippen LogP contribution >= 0.6 is 0 Å². The zero-order chi connectivity index (χ0) is 22.7. The van der Waals surface area contributed by atoms with Gasteiger partial charge in [-0.1, -0.05) is 30.3 Å². The van der Waals surface area contributed by atoms with Crippen molar-refractivity contribution < 1.29 is 14.6 Å². The minimum absolute atomic E-state index is 0.101. The van der Waals surface area contributed by atoms with Gasteiger partial charge in [0.25, 0.3) is 5.56 Å². The summed E-state index contributed by atoms with van der Waals surface area (Å²) < 4.78 is 7.30. The van der Waals surface area contributed by atoms with E-state index in [0.717, 1.165) is 11.1 Å². The molecular formula is C25H21N3O4. The highest BCUT2D eigenvalue weighted by Crippen LogP contribution is 2.30. The van der Waals surface area contributed by atoms with E-state index in [1.54, 1.807) is 24.3 Å². The van der Waals surface area contributed by atoms with Crippen molar-refractivity contribution in [3.8, 4) is 17.2 Å². The molecule has 3 aromatic carbocycles. The number of hydrogen-bond donors (Lipinski definition) is 2. The van der Waals surface area contributed by atoms with E-state index in [1.165, 1.54) is 23.0 Å². The van der Waals surface area contributed by atoms with E-state index in [9.17, 15) is 14.7 Å². The van der Waals surface area contributed by atoms with Crippen LogP contribution in [0.3, 0.4) is 0 Å². The van der Waals surface area contributed by atoms with Gasteiger partial charge in [-0.3, -0.25) is 4.79 Å². The van der Waals surface area contributed by atoms with Crippen LogP contribution in [0.5, 0.6) is 11.5 Å². The van der Waals surface area contributed by atoms with Gasteiger partial charge in [0, 0.05) is 5.69 Å². The van der Waals surface area contributed by atoms with E-state index in [2.05, 4.69) is 10.4 Å². The lowest BCUT2D eigenvalue weighted by Gasteiger charge is -2.15. The number of carbonyl (C=O) groups is 1. The number of benzene rings is 3. The number of ether oxygens (including phenoxy) is 1. The van der Waals surface area contributed by atoms with E-state index in [0.29, 0.717) is 17.1 Å². The summed E-state index contributed by atoms with van der Waals surface area (Å²) >= 11 is 0. The second-order valence-electron chi connectivity index (χ2n) is 7.37.